The van der Waals surface area contributed by atoms with Crippen LogP contribution >= 0.6 is 22.7 Å². The molecule has 0 amide bonds. The molecular weight excluding hydrogens is 304 g/mol. The number of nitrogens with one attached hydrogen (secondary N) is 1. The molecule has 1 N–H and O–H groups in total. The number of anilines is 2. The molecule has 0 fully saturated rings. The molecule has 3 rings (SSSR count). The summed E-state index contributed by atoms with van der Waals surface area (Å²) in [4.78, 5) is 16.9. The molecule has 6 heteroatoms. The topological polar surface area (TPSA) is 51.2 Å². The average molecular weight is 318 g/mol. The van der Waals surface area contributed by atoms with Crippen LogP contribution in [-0.2, 0) is 4.74 Å². The quantitative estimate of drug-likeness (QED) is 0.715. The first-order valence-electron chi connectivity index (χ1n) is 6.56. The molecule has 4 nitrogen and oxygen atoms in total. The molecule has 1 aromatic carbocycles. The predicted molar refractivity (Wildman–Crippen MR) is 87.9 cm³/mol. The van der Waals surface area contributed by atoms with Gasteiger partial charge in [-0.1, -0.05) is 0 Å². The standard InChI is InChI=1S/C15H14N2O2S2/c1-3-19-14(18)13-9(2)21-15(17-13)16-11-4-5-12-10(8-11)6-7-20-12/h4-8H,3H2,1-2H3,(H,16,17). The maximum atomic E-state index is 11.8. The first-order valence-corrected chi connectivity index (χ1v) is 8.26. The molecule has 0 saturated heterocycles. The molecule has 21 heavy (non-hydrogen) atoms. The van der Waals surface area contributed by atoms with E-state index in [2.05, 4.69) is 33.9 Å². The van der Waals surface area contributed by atoms with Gasteiger partial charge in [-0.15, -0.1) is 22.7 Å². The summed E-state index contributed by atoms with van der Waals surface area (Å²) in [5.41, 5.74) is 1.35. The van der Waals surface area contributed by atoms with Crippen LogP contribution in [0.15, 0.2) is 29.6 Å². The lowest BCUT2D eigenvalue weighted by Crippen LogP contribution is -2.06. The Bertz CT molecular complexity index is 792. The summed E-state index contributed by atoms with van der Waals surface area (Å²) in [5, 5.41) is 7.22. The second-order valence-corrected chi connectivity index (χ2v) is 6.59. The Kier molecular flexibility index (Phi) is 3.90. The Balaban J connectivity index is 1.84. The van der Waals surface area contributed by atoms with E-state index in [1.165, 1.54) is 21.4 Å². The zero-order chi connectivity index (χ0) is 14.8. The highest BCUT2D eigenvalue weighted by atomic mass is 32.1. The first kappa shape index (κ1) is 14.0. The number of thiophene rings is 1. The summed E-state index contributed by atoms with van der Waals surface area (Å²) in [6.45, 7) is 4.01. The number of benzene rings is 1. The summed E-state index contributed by atoms with van der Waals surface area (Å²) < 4.78 is 6.25. The average Bonchev–Trinajstić information content (AvgIpc) is 3.05. The van der Waals surface area contributed by atoms with E-state index in [-0.39, 0.29) is 5.97 Å². The lowest BCUT2D eigenvalue weighted by molar-refractivity contribution is 0.0519. The maximum absolute atomic E-state index is 11.8. The minimum Gasteiger partial charge on any atom is -0.461 e. The first-order chi connectivity index (χ1) is 10.2. The van der Waals surface area contributed by atoms with Crippen molar-refractivity contribution in [2.45, 2.75) is 13.8 Å². The van der Waals surface area contributed by atoms with E-state index in [1.54, 1.807) is 18.3 Å². The Morgan fingerprint density at radius 3 is 3.05 bits per heavy atom. The summed E-state index contributed by atoms with van der Waals surface area (Å²) >= 11 is 3.17. The van der Waals surface area contributed by atoms with Crippen molar-refractivity contribution in [2.75, 3.05) is 11.9 Å². The second-order valence-electron chi connectivity index (χ2n) is 4.44. The Morgan fingerprint density at radius 2 is 2.24 bits per heavy atom. The van der Waals surface area contributed by atoms with E-state index < -0.39 is 0 Å². The number of carbonyl (C=O) groups is 1. The number of fused-ring (bicyclic) bond motifs is 1. The normalized spacial score (nSPS) is 10.8. The van der Waals surface area contributed by atoms with E-state index >= 15 is 0 Å². The largest absolute Gasteiger partial charge is 0.461 e. The number of hydrogen-bond acceptors (Lipinski definition) is 6. The van der Waals surface area contributed by atoms with Gasteiger partial charge in [0.2, 0.25) is 0 Å². The van der Waals surface area contributed by atoms with Gasteiger partial charge in [0, 0.05) is 15.3 Å². The van der Waals surface area contributed by atoms with Crippen molar-refractivity contribution in [1.29, 1.82) is 0 Å². The number of hydrogen-bond donors (Lipinski definition) is 1. The van der Waals surface area contributed by atoms with E-state index in [1.807, 2.05) is 13.0 Å². The third-order valence-electron chi connectivity index (χ3n) is 2.97. The summed E-state index contributed by atoms with van der Waals surface area (Å²) in [5.74, 6) is -0.368. The summed E-state index contributed by atoms with van der Waals surface area (Å²) in [6.07, 6.45) is 0. The third kappa shape index (κ3) is 2.91. The van der Waals surface area contributed by atoms with Crippen LogP contribution in [0.4, 0.5) is 10.8 Å². The van der Waals surface area contributed by atoms with Crippen LogP contribution in [0.5, 0.6) is 0 Å². The number of carbonyl (C=O) groups excluding carboxylic acids is 1. The minimum atomic E-state index is -0.368. The van der Waals surface area contributed by atoms with Crippen LogP contribution in [0, 0.1) is 6.92 Å². The van der Waals surface area contributed by atoms with Gasteiger partial charge in [0.05, 0.1) is 6.61 Å². The molecule has 2 heterocycles. The lowest BCUT2D eigenvalue weighted by atomic mass is 10.2. The van der Waals surface area contributed by atoms with Crippen molar-refractivity contribution < 1.29 is 9.53 Å². The zero-order valence-electron chi connectivity index (χ0n) is 11.7. The summed E-state index contributed by atoms with van der Waals surface area (Å²) in [7, 11) is 0. The fraction of sp³-hybridized carbons (Fsp3) is 0.200. The number of ether oxygens (including phenoxy) is 1. The fourth-order valence-corrected chi connectivity index (χ4v) is 3.60. The Labute approximate surface area is 130 Å². The molecule has 0 spiro atoms. The van der Waals surface area contributed by atoms with Gasteiger partial charge < -0.3 is 10.1 Å². The van der Waals surface area contributed by atoms with Gasteiger partial charge in [0.1, 0.15) is 0 Å². The number of esters is 1. The number of rotatable bonds is 4. The number of aryl methyl sites for hydroxylation is 1. The molecule has 0 bridgehead atoms. The van der Waals surface area contributed by atoms with E-state index in [9.17, 15) is 4.79 Å². The number of thiazole rings is 1. The van der Waals surface area contributed by atoms with E-state index in [0.717, 1.165) is 10.6 Å². The smallest absolute Gasteiger partial charge is 0.358 e. The number of nitrogens with zero attached hydrogens (tertiary/aromatic N) is 1. The van der Waals surface area contributed by atoms with E-state index in [4.69, 9.17) is 4.74 Å². The molecule has 0 saturated carbocycles. The molecule has 0 aliphatic carbocycles. The van der Waals surface area contributed by atoms with Gasteiger partial charge in [-0.2, -0.15) is 0 Å². The van der Waals surface area contributed by atoms with Crippen LogP contribution in [-0.4, -0.2) is 17.6 Å². The number of aromatic nitrogens is 1. The molecule has 0 aliphatic rings. The van der Waals surface area contributed by atoms with Crippen LogP contribution in [0.25, 0.3) is 10.1 Å². The van der Waals surface area contributed by atoms with Crippen molar-refractivity contribution in [3.05, 3.63) is 40.2 Å². The van der Waals surface area contributed by atoms with Crippen LogP contribution in [0.1, 0.15) is 22.3 Å². The highest BCUT2D eigenvalue weighted by Gasteiger charge is 2.16. The van der Waals surface area contributed by atoms with Crippen molar-refractivity contribution in [1.82, 2.24) is 4.98 Å². The van der Waals surface area contributed by atoms with Gasteiger partial charge in [0.25, 0.3) is 0 Å². The molecule has 3 aromatic rings. The van der Waals surface area contributed by atoms with Crippen molar-refractivity contribution in [3.8, 4) is 0 Å². The van der Waals surface area contributed by atoms with Gasteiger partial charge in [-0.25, -0.2) is 9.78 Å². The Morgan fingerprint density at radius 1 is 1.38 bits per heavy atom. The SMILES string of the molecule is CCOC(=O)c1nc(Nc2ccc3sccc3c2)sc1C. The molecule has 0 aliphatic heterocycles. The molecule has 108 valence electrons. The van der Waals surface area contributed by atoms with Gasteiger partial charge in [-0.3, -0.25) is 0 Å². The molecular formula is C15H14N2O2S2. The maximum Gasteiger partial charge on any atom is 0.358 e. The fourth-order valence-electron chi connectivity index (χ4n) is 2.01. The monoisotopic (exact) mass is 318 g/mol. The van der Waals surface area contributed by atoms with Crippen molar-refractivity contribution >= 4 is 49.5 Å². The highest BCUT2D eigenvalue weighted by molar-refractivity contribution is 7.17. The van der Waals surface area contributed by atoms with Gasteiger partial charge in [-0.05, 0) is 48.9 Å². The third-order valence-corrected chi connectivity index (χ3v) is 4.75. The zero-order valence-corrected chi connectivity index (χ0v) is 13.3. The Hall–Kier alpha value is -1.92. The van der Waals surface area contributed by atoms with Gasteiger partial charge >= 0.3 is 5.97 Å². The minimum absolute atomic E-state index is 0.355. The van der Waals surface area contributed by atoms with Crippen molar-refractivity contribution in [2.24, 2.45) is 0 Å². The van der Waals surface area contributed by atoms with Gasteiger partial charge in [0.15, 0.2) is 10.8 Å². The van der Waals surface area contributed by atoms with Crippen LogP contribution < -0.4 is 5.32 Å². The molecule has 0 unspecified atom stereocenters. The highest BCUT2D eigenvalue weighted by Crippen LogP contribution is 2.29. The predicted octanol–water partition coefficient (Wildman–Crippen LogP) is 4.59. The lowest BCUT2D eigenvalue weighted by Gasteiger charge is -2.02. The summed E-state index contributed by atoms with van der Waals surface area (Å²) in [6, 6.07) is 8.25. The molecule has 2 aromatic heterocycles. The van der Waals surface area contributed by atoms with Crippen LogP contribution in [0.3, 0.4) is 0 Å². The van der Waals surface area contributed by atoms with E-state index in [0.29, 0.717) is 17.4 Å². The second kappa shape index (κ2) is 5.83. The molecule has 0 radical (unpaired) electrons. The van der Waals surface area contributed by atoms with Crippen LogP contribution in [0.2, 0.25) is 0 Å². The van der Waals surface area contributed by atoms with Crippen molar-refractivity contribution in [3.63, 3.8) is 0 Å². The molecule has 0 atom stereocenters.